The van der Waals surface area contributed by atoms with E-state index in [1.54, 1.807) is 18.2 Å². The first-order chi connectivity index (χ1) is 7.26. The van der Waals surface area contributed by atoms with Gasteiger partial charge in [0.25, 0.3) is 10.1 Å². The molecule has 1 atom stereocenters. The second-order valence-electron chi connectivity index (χ2n) is 3.49. The monoisotopic (exact) mass is 283 g/mol. The van der Waals surface area contributed by atoms with Gasteiger partial charge in [0.15, 0.2) is 0 Å². The molecule has 7 heteroatoms. The third-order valence-electron chi connectivity index (χ3n) is 1.84. The van der Waals surface area contributed by atoms with Gasteiger partial charge < -0.3 is 5.73 Å². The van der Waals surface area contributed by atoms with Crippen LogP contribution in [0.25, 0.3) is 0 Å². The predicted molar refractivity (Wildman–Crippen MR) is 64.6 cm³/mol. The zero-order chi connectivity index (χ0) is 12.3. The fourth-order valence-electron chi connectivity index (χ4n) is 1.36. The summed E-state index contributed by atoms with van der Waals surface area (Å²) in [5, 5.41) is 0.920. The summed E-state index contributed by atoms with van der Waals surface area (Å²) in [6, 6.07) is 4.18. The SMILES string of the molecule is N[C@@H](Cc1cc(Cl)cc(Cl)c1)CS(=O)(=O)O. The fourth-order valence-corrected chi connectivity index (χ4v) is 2.59. The Morgan fingerprint density at radius 1 is 1.25 bits per heavy atom. The second kappa shape index (κ2) is 5.33. The van der Waals surface area contributed by atoms with Gasteiger partial charge in [0.2, 0.25) is 0 Å². The predicted octanol–water partition coefficient (Wildman–Crippen LogP) is 1.75. The van der Waals surface area contributed by atoms with Gasteiger partial charge in [0, 0.05) is 16.1 Å². The Kier molecular flexibility index (Phi) is 4.58. The van der Waals surface area contributed by atoms with Crippen LogP contribution in [-0.2, 0) is 16.5 Å². The lowest BCUT2D eigenvalue weighted by Gasteiger charge is -2.10. The average molecular weight is 284 g/mol. The van der Waals surface area contributed by atoms with Crippen LogP contribution < -0.4 is 5.73 Å². The summed E-state index contributed by atoms with van der Waals surface area (Å²) < 4.78 is 29.8. The van der Waals surface area contributed by atoms with Crippen LogP contribution in [0.1, 0.15) is 5.56 Å². The third-order valence-corrected chi connectivity index (χ3v) is 3.13. The van der Waals surface area contributed by atoms with Crippen molar-refractivity contribution < 1.29 is 13.0 Å². The highest BCUT2D eigenvalue weighted by atomic mass is 35.5. The summed E-state index contributed by atoms with van der Waals surface area (Å²) in [4.78, 5) is 0. The van der Waals surface area contributed by atoms with Crippen molar-refractivity contribution >= 4 is 33.3 Å². The first kappa shape index (κ1) is 13.7. The summed E-state index contributed by atoms with van der Waals surface area (Å²) in [5.74, 6) is -0.489. The molecule has 0 aliphatic rings. The van der Waals surface area contributed by atoms with E-state index in [9.17, 15) is 8.42 Å². The molecule has 0 fully saturated rings. The molecule has 16 heavy (non-hydrogen) atoms. The van der Waals surface area contributed by atoms with Crippen molar-refractivity contribution in [2.45, 2.75) is 12.5 Å². The first-order valence-corrected chi connectivity index (χ1v) is 6.78. The van der Waals surface area contributed by atoms with Crippen molar-refractivity contribution in [1.82, 2.24) is 0 Å². The Morgan fingerprint density at radius 3 is 2.19 bits per heavy atom. The maximum atomic E-state index is 10.6. The zero-order valence-electron chi connectivity index (χ0n) is 8.23. The van der Waals surface area contributed by atoms with E-state index in [2.05, 4.69) is 0 Å². The van der Waals surface area contributed by atoms with Gasteiger partial charge >= 0.3 is 0 Å². The number of hydrogen-bond acceptors (Lipinski definition) is 3. The minimum Gasteiger partial charge on any atom is -0.326 e. The Balaban J connectivity index is 2.73. The van der Waals surface area contributed by atoms with Crippen molar-refractivity contribution in [3.63, 3.8) is 0 Å². The third kappa shape index (κ3) is 5.14. The molecule has 0 saturated heterocycles. The number of nitrogens with two attached hydrogens (primary N) is 1. The second-order valence-corrected chi connectivity index (χ2v) is 5.86. The van der Waals surface area contributed by atoms with E-state index < -0.39 is 21.9 Å². The van der Waals surface area contributed by atoms with Crippen LogP contribution in [0.4, 0.5) is 0 Å². The molecule has 0 aliphatic carbocycles. The summed E-state index contributed by atoms with van der Waals surface area (Å²) in [5.41, 5.74) is 6.30. The van der Waals surface area contributed by atoms with E-state index in [1.807, 2.05) is 0 Å². The van der Waals surface area contributed by atoms with Crippen molar-refractivity contribution in [1.29, 1.82) is 0 Å². The van der Waals surface area contributed by atoms with Crippen molar-refractivity contribution in [2.24, 2.45) is 5.73 Å². The maximum Gasteiger partial charge on any atom is 0.266 e. The molecule has 0 aliphatic heterocycles. The van der Waals surface area contributed by atoms with E-state index in [4.69, 9.17) is 33.5 Å². The lowest BCUT2D eigenvalue weighted by molar-refractivity contribution is 0.476. The molecule has 0 spiro atoms. The van der Waals surface area contributed by atoms with E-state index in [0.717, 1.165) is 5.56 Å². The standard InChI is InChI=1S/C9H11Cl2NO3S/c10-7-1-6(2-8(11)4-7)3-9(12)5-16(13,14)15/h1-2,4,9H,3,5,12H2,(H,13,14,15)/t9-/m0/s1. The number of benzene rings is 1. The lowest BCUT2D eigenvalue weighted by atomic mass is 10.1. The molecule has 90 valence electrons. The largest absolute Gasteiger partial charge is 0.326 e. The minimum absolute atomic E-state index is 0.278. The van der Waals surface area contributed by atoms with Crippen molar-refractivity contribution in [2.75, 3.05) is 5.75 Å². The van der Waals surface area contributed by atoms with Crippen LogP contribution in [0, 0.1) is 0 Å². The van der Waals surface area contributed by atoms with E-state index in [1.165, 1.54) is 0 Å². The normalized spacial score (nSPS) is 13.8. The van der Waals surface area contributed by atoms with Crippen LogP contribution in [0.2, 0.25) is 10.0 Å². The molecule has 0 radical (unpaired) electrons. The molecule has 4 nitrogen and oxygen atoms in total. The van der Waals surface area contributed by atoms with Gasteiger partial charge in [0.1, 0.15) is 0 Å². The zero-order valence-corrected chi connectivity index (χ0v) is 10.6. The first-order valence-electron chi connectivity index (χ1n) is 4.42. The van der Waals surface area contributed by atoms with Gasteiger partial charge in [-0.2, -0.15) is 8.42 Å². The quantitative estimate of drug-likeness (QED) is 0.825. The molecule has 0 unspecified atom stereocenters. The molecule has 1 aromatic carbocycles. The van der Waals surface area contributed by atoms with E-state index in [-0.39, 0.29) is 6.42 Å². The molecule has 3 N–H and O–H groups in total. The van der Waals surface area contributed by atoms with Crippen LogP contribution >= 0.6 is 23.2 Å². The molecule has 0 bridgehead atoms. The van der Waals surface area contributed by atoms with Crippen LogP contribution in [0.5, 0.6) is 0 Å². The molecule has 1 aromatic rings. The summed E-state index contributed by atoms with van der Waals surface area (Å²) in [6.07, 6.45) is 0.278. The smallest absolute Gasteiger partial charge is 0.266 e. The molecule has 1 rings (SSSR count). The van der Waals surface area contributed by atoms with Gasteiger partial charge in [-0.15, -0.1) is 0 Å². The molecule has 0 amide bonds. The van der Waals surface area contributed by atoms with Gasteiger partial charge in [-0.25, -0.2) is 0 Å². The fraction of sp³-hybridized carbons (Fsp3) is 0.333. The summed E-state index contributed by atoms with van der Waals surface area (Å²) in [7, 11) is -4.05. The molecular formula is C9H11Cl2NO3S. The Hall–Kier alpha value is -0.330. The van der Waals surface area contributed by atoms with Gasteiger partial charge in [-0.05, 0) is 30.2 Å². The molecule has 0 aromatic heterocycles. The maximum absolute atomic E-state index is 10.6. The molecule has 0 heterocycles. The summed E-state index contributed by atoms with van der Waals surface area (Å²) in [6.45, 7) is 0. The van der Waals surface area contributed by atoms with Gasteiger partial charge in [-0.1, -0.05) is 23.2 Å². The van der Waals surface area contributed by atoms with Crippen molar-refractivity contribution in [3.05, 3.63) is 33.8 Å². The number of hydrogen-bond donors (Lipinski definition) is 2. The molecular weight excluding hydrogens is 273 g/mol. The molecule has 0 saturated carbocycles. The van der Waals surface area contributed by atoms with Crippen LogP contribution in [0.15, 0.2) is 18.2 Å². The number of halogens is 2. The minimum atomic E-state index is -4.05. The highest BCUT2D eigenvalue weighted by Crippen LogP contribution is 2.19. The number of rotatable bonds is 4. The highest BCUT2D eigenvalue weighted by molar-refractivity contribution is 7.85. The van der Waals surface area contributed by atoms with Gasteiger partial charge in [0.05, 0.1) is 5.75 Å². The topological polar surface area (TPSA) is 80.4 Å². The van der Waals surface area contributed by atoms with Crippen molar-refractivity contribution in [3.8, 4) is 0 Å². The average Bonchev–Trinajstić information content (AvgIpc) is 1.96. The van der Waals surface area contributed by atoms with E-state index >= 15 is 0 Å². The Labute approximate surface area is 104 Å². The lowest BCUT2D eigenvalue weighted by Crippen LogP contribution is -2.31. The Bertz CT molecular complexity index is 455. The van der Waals surface area contributed by atoms with Crippen LogP contribution in [-0.4, -0.2) is 24.8 Å². The van der Waals surface area contributed by atoms with E-state index in [0.29, 0.717) is 10.0 Å². The van der Waals surface area contributed by atoms with Crippen LogP contribution in [0.3, 0.4) is 0 Å². The summed E-state index contributed by atoms with van der Waals surface area (Å²) >= 11 is 11.5. The Morgan fingerprint density at radius 2 is 1.75 bits per heavy atom. The van der Waals surface area contributed by atoms with Gasteiger partial charge in [-0.3, -0.25) is 4.55 Å². The highest BCUT2D eigenvalue weighted by Gasteiger charge is 2.13.